The van der Waals surface area contributed by atoms with Crippen molar-refractivity contribution < 1.29 is 9.94 Å². The van der Waals surface area contributed by atoms with E-state index < -0.39 is 0 Å². The van der Waals surface area contributed by atoms with Crippen LogP contribution in [0.15, 0.2) is 16.8 Å². The van der Waals surface area contributed by atoms with Gasteiger partial charge in [-0.15, -0.1) is 0 Å². The molecular formula is C26H44N2O2. The maximum Gasteiger partial charge on any atom is 0.117 e. The summed E-state index contributed by atoms with van der Waals surface area (Å²) in [6, 6.07) is 0. The molecule has 4 rings (SSSR count). The van der Waals surface area contributed by atoms with Gasteiger partial charge in [0.25, 0.3) is 0 Å². The molecule has 0 radical (unpaired) electrons. The Hall–Kier alpha value is -0.870. The molecule has 4 heteroatoms. The topological polar surface area (TPSA) is 45.1 Å². The van der Waals surface area contributed by atoms with E-state index >= 15 is 0 Å². The van der Waals surface area contributed by atoms with Gasteiger partial charge in [-0.2, -0.15) is 0 Å². The molecule has 0 bridgehead atoms. The lowest BCUT2D eigenvalue weighted by atomic mass is 9.47. The highest BCUT2D eigenvalue weighted by atomic mass is 16.6. The van der Waals surface area contributed by atoms with Crippen LogP contribution >= 0.6 is 0 Å². The lowest BCUT2D eigenvalue weighted by molar-refractivity contribution is -0.0421. The van der Waals surface area contributed by atoms with Gasteiger partial charge < -0.3 is 14.8 Å². The predicted octanol–water partition coefficient (Wildman–Crippen LogP) is 5.27. The molecule has 0 aromatic heterocycles. The molecule has 0 unspecified atom stereocenters. The fourth-order valence-electron chi connectivity index (χ4n) is 7.69. The lowest BCUT2D eigenvalue weighted by Crippen LogP contribution is -2.50. The SMILES string of the molecule is CN(C)CCCCON=C[C@H]1CC[C@H]2[C@@H]3CC=C4C[C@@H](O)CC[C@]4(C)[C@H]3CC[C@]12C. The summed E-state index contributed by atoms with van der Waals surface area (Å²) in [6.07, 6.45) is 16.4. The third-order valence-electron chi connectivity index (χ3n) is 9.56. The average molecular weight is 417 g/mol. The van der Waals surface area contributed by atoms with Crippen LogP contribution in [-0.4, -0.2) is 49.6 Å². The summed E-state index contributed by atoms with van der Waals surface area (Å²) in [5.74, 6) is 3.01. The molecule has 4 aliphatic rings. The highest BCUT2D eigenvalue weighted by Gasteiger charge is 2.58. The van der Waals surface area contributed by atoms with Crippen molar-refractivity contribution in [3.05, 3.63) is 11.6 Å². The summed E-state index contributed by atoms with van der Waals surface area (Å²) in [5.41, 5.74) is 2.30. The number of fused-ring (bicyclic) bond motifs is 5. The number of hydrogen-bond acceptors (Lipinski definition) is 4. The molecule has 30 heavy (non-hydrogen) atoms. The van der Waals surface area contributed by atoms with Crippen molar-refractivity contribution in [1.29, 1.82) is 0 Å². The molecule has 0 saturated heterocycles. The van der Waals surface area contributed by atoms with Crippen LogP contribution in [0.3, 0.4) is 0 Å². The fourth-order valence-corrected chi connectivity index (χ4v) is 7.69. The minimum atomic E-state index is -0.107. The highest BCUT2D eigenvalue weighted by Crippen LogP contribution is 2.65. The second-order valence-electron chi connectivity index (χ2n) is 11.5. The van der Waals surface area contributed by atoms with Crippen LogP contribution in [0.25, 0.3) is 0 Å². The molecule has 3 saturated carbocycles. The predicted molar refractivity (Wildman–Crippen MR) is 123 cm³/mol. The van der Waals surface area contributed by atoms with Gasteiger partial charge in [-0.3, -0.25) is 0 Å². The Labute approximate surface area is 184 Å². The molecule has 3 fully saturated rings. The molecule has 0 aromatic carbocycles. The van der Waals surface area contributed by atoms with E-state index in [1.807, 2.05) is 0 Å². The minimum absolute atomic E-state index is 0.107. The summed E-state index contributed by atoms with van der Waals surface area (Å²) in [5, 5.41) is 14.6. The zero-order valence-electron chi connectivity index (χ0n) is 19.8. The van der Waals surface area contributed by atoms with E-state index in [9.17, 15) is 5.11 Å². The number of hydrogen-bond donors (Lipinski definition) is 1. The zero-order chi connectivity index (χ0) is 21.4. The maximum atomic E-state index is 10.2. The van der Waals surface area contributed by atoms with Crippen molar-refractivity contribution in [2.45, 2.75) is 84.2 Å². The Kier molecular flexibility index (Phi) is 6.65. The van der Waals surface area contributed by atoms with Crippen molar-refractivity contribution in [1.82, 2.24) is 4.90 Å². The number of nitrogens with zero attached hydrogens (tertiary/aromatic N) is 2. The Morgan fingerprint density at radius 1 is 1.13 bits per heavy atom. The summed E-state index contributed by atoms with van der Waals surface area (Å²) in [7, 11) is 4.23. The number of oxime groups is 1. The van der Waals surface area contributed by atoms with E-state index in [4.69, 9.17) is 4.84 Å². The van der Waals surface area contributed by atoms with Gasteiger partial charge in [-0.25, -0.2) is 0 Å². The van der Waals surface area contributed by atoms with Crippen LogP contribution in [0.5, 0.6) is 0 Å². The molecule has 170 valence electrons. The maximum absolute atomic E-state index is 10.2. The molecule has 0 aromatic rings. The molecule has 4 nitrogen and oxygen atoms in total. The van der Waals surface area contributed by atoms with E-state index in [2.05, 4.69) is 50.3 Å². The van der Waals surface area contributed by atoms with Gasteiger partial charge in [0.05, 0.1) is 6.10 Å². The number of aliphatic hydroxyl groups is 1. The third-order valence-corrected chi connectivity index (χ3v) is 9.56. The first kappa shape index (κ1) is 22.3. The number of allylic oxidation sites excluding steroid dienone is 1. The van der Waals surface area contributed by atoms with Gasteiger partial charge in [0.1, 0.15) is 6.61 Å². The van der Waals surface area contributed by atoms with Crippen molar-refractivity contribution in [3.63, 3.8) is 0 Å². The molecule has 7 atom stereocenters. The van der Waals surface area contributed by atoms with Crippen LogP contribution < -0.4 is 0 Å². The van der Waals surface area contributed by atoms with Crippen LogP contribution in [0.1, 0.15) is 78.1 Å². The van der Waals surface area contributed by atoms with E-state index in [0.717, 1.165) is 50.2 Å². The number of rotatable bonds is 7. The van der Waals surface area contributed by atoms with Crippen molar-refractivity contribution >= 4 is 6.21 Å². The Morgan fingerprint density at radius 3 is 2.77 bits per heavy atom. The third kappa shape index (κ3) is 4.11. The first-order valence-corrected chi connectivity index (χ1v) is 12.5. The van der Waals surface area contributed by atoms with Gasteiger partial charge >= 0.3 is 0 Å². The first-order valence-electron chi connectivity index (χ1n) is 12.5. The highest BCUT2D eigenvalue weighted by molar-refractivity contribution is 5.62. The van der Waals surface area contributed by atoms with E-state index in [-0.39, 0.29) is 6.10 Å². The second-order valence-corrected chi connectivity index (χ2v) is 11.5. The second kappa shape index (κ2) is 8.94. The van der Waals surface area contributed by atoms with Crippen LogP contribution in [-0.2, 0) is 4.84 Å². The molecule has 4 aliphatic carbocycles. The zero-order valence-corrected chi connectivity index (χ0v) is 19.8. The Morgan fingerprint density at radius 2 is 1.97 bits per heavy atom. The fraction of sp³-hybridized carbons (Fsp3) is 0.885. The van der Waals surface area contributed by atoms with Crippen LogP contribution in [0.4, 0.5) is 0 Å². The monoisotopic (exact) mass is 416 g/mol. The molecule has 0 amide bonds. The van der Waals surface area contributed by atoms with Crippen molar-refractivity contribution in [3.8, 4) is 0 Å². The van der Waals surface area contributed by atoms with E-state index in [0.29, 0.717) is 16.7 Å². The normalized spacial score (nSPS) is 43.3. The smallest absolute Gasteiger partial charge is 0.117 e. The largest absolute Gasteiger partial charge is 0.396 e. The van der Waals surface area contributed by atoms with Crippen molar-refractivity contribution in [2.75, 3.05) is 27.2 Å². The Bertz CT molecular complexity index is 659. The summed E-state index contributed by atoms with van der Waals surface area (Å²) in [6.45, 7) is 6.91. The summed E-state index contributed by atoms with van der Waals surface area (Å²) < 4.78 is 0. The number of aliphatic hydroxyl groups excluding tert-OH is 1. The van der Waals surface area contributed by atoms with Crippen LogP contribution in [0.2, 0.25) is 0 Å². The van der Waals surface area contributed by atoms with Crippen LogP contribution in [0, 0.1) is 34.5 Å². The van der Waals surface area contributed by atoms with E-state index in [1.54, 1.807) is 5.57 Å². The molecule has 0 aliphatic heterocycles. The average Bonchev–Trinajstić information content (AvgIpc) is 3.04. The van der Waals surface area contributed by atoms with Gasteiger partial charge in [-0.1, -0.05) is 30.7 Å². The molecule has 0 spiro atoms. The van der Waals surface area contributed by atoms with Crippen molar-refractivity contribution in [2.24, 2.45) is 39.7 Å². The van der Waals surface area contributed by atoms with Gasteiger partial charge in [-0.05, 0) is 113 Å². The lowest BCUT2D eigenvalue weighted by Gasteiger charge is -2.57. The summed E-state index contributed by atoms with van der Waals surface area (Å²) in [4.78, 5) is 7.84. The van der Waals surface area contributed by atoms with Gasteiger partial charge in [0.15, 0.2) is 0 Å². The Balaban J connectivity index is 1.36. The minimum Gasteiger partial charge on any atom is -0.396 e. The molecule has 1 N–H and O–H groups in total. The van der Waals surface area contributed by atoms with E-state index in [1.165, 1.54) is 44.9 Å². The van der Waals surface area contributed by atoms with Gasteiger partial charge in [0.2, 0.25) is 0 Å². The number of unbranched alkanes of at least 4 members (excludes halogenated alkanes) is 1. The molecule has 0 heterocycles. The molecular weight excluding hydrogens is 372 g/mol. The van der Waals surface area contributed by atoms with Gasteiger partial charge in [0, 0.05) is 12.1 Å². The quantitative estimate of drug-likeness (QED) is 0.266. The first-order chi connectivity index (χ1) is 14.3. The summed E-state index contributed by atoms with van der Waals surface area (Å²) >= 11 is 0. The standard InChI is InChI=1S/C26H44N2O2/c1-25-13-11-21(29)17-19(25)7-9-22-23-10-8-20(26(23,2)14-12-24(22)25)18-27-30-16-6-5-15-28(3)4/h7,18,20-24,29H,5-6,8-17H2,1-4H3/t20-,21+,22+,23+,24+,25+,26-/m1/s1.